The maximum Gasteiger partial charge on any atom is 0.495 e. The Labute approximate surface area is 450 Å². The van der Waals surface area contributed by atoms with Crippen molar-refractivity contribution in [3.05, 3.63) is 170 Å². The smallest absolute Gasteiger partial charge is 0.399 e. The molecule has 5 aromatic carbocycles. The standard InChI is InChI=1S/C34H41FO.C32H45BO3.CO2/c1-6-26-11-12-28(23-32(26)35)31-16-15-30(22-25(31)5)34(7-2,8-3)29-14-13-27(24(4)21-29)17-20-33(36)18-9-10-19-33;1-9-32(10-2,26-14-13-25(23(3)21-26)17-20-31(34)18-11-12-19-31)27-15-16-28(24(4)22-27)33-35-29(5,6)30(7,8)36-33;2-1-3/h11-17,20-23,36H,6-10,18-19H2,1-5H3;13-17,20-22,34H,9-12,18-19H2,1-8H3;/b2*20-17+;. The fraction of sp³-hybridized carbons (Fsp3) is 0.478. The first-order chi connectivity index (χ1) is 35.5. The van der Waals surface area contributed by atoms with Gasteiger partial charge in [-0.3, -0.25) is 0 Å². The van der Waals surface area contributed by atoms with Crippen molar-refractivity contribution in [3.63, 3.8) is 0 Å². The number of aliphatic hydroxyl groups is 2. The largest absolute Gasteiger partial charge is 0.495 e. The van der Waals surface area contributed by atoms with Gasteiger partial charge in [-0.05, 0) is 191 Å². The Balaban J connectivity index is 0.000000232. The second-order valence-corrected chi connectivity index (χ2v) is 22.9. The lowest BCUT2D eigenvalue weighted by Crippen LogP contribution is -2.41. The molecule has 400 valence electrons. The summed E-state index contributed by atoms with van der Waals surface area (Å²) in [7, 11) is -0.343. The van der Waals surface area contributed by atoms with Crippen LogP contribution in [-0.2, 0) is 36.1 Å². The van der Waals surface area contributed by atoms with E-state index in [4.69, 9.17) is 18.9 Å². The van der Waals surface area contributed by atoms with E-state index in [9.17, 15) is 14.6 Å². The number of aryl methyl sites for hydroxylation is 5. The molecule has 0 spiro atoms. The highest BCUT2D eigenvalue weighted by atomic mass is 19.1. The van der Waals surface area contributed by atoms with E-state index in [1.807, 2.05) is 31.2 Å². The highest BCUT2D eigenvalue weighted by molar-refractivity contribution is 6.62. The van der Waals surface area contributed by atoms with E-state index in [0.29, 0.717) is 6.42 Å². The van der Waals surface area contributed by atoms with Crippen LogP contribution < -0.4 is 5.46 Å². The Morgan fingerprint density at radius 2 is 0.947 bits per heavy atom. The zero-order chi connectivity index (χ0) is 55.0. The first kappa shape index (κ1) is 59.0. The Kier molecular flexibility index (Phi) is 19.2. The molecular weight excluding hydrogens is 931 g/mol. The molecule has 2 saturated carbocycles. The summed E-state index contributed by atoms with van der Waals surface area (Å²) in [4.78, 5) is 16.2. The van der Waals surface area contributed by atoms with Crippen LogP contribution >= 0.6 is 0 Å². The zero-order valence-electron chi connectivity index (χ0n) is 47.6. The molecule has 8 heteroatoms. The highest BCUT2D eigenvalue weighted by Crippen LogP contribution is 2.44. The molecule has 1 heterocycles. The van der Waals surface area contributed by atoms with Gasteiger partial charge in [0.05, 0.1) is 22.4 Å². The second-order valence-electron chi connectivity index (χ2n) is 22.9. The second kappa shape index (κ2) is 24.4. The summed E-state index contributed by atoms with van der Waals surface area (Å²) in [6.45, 7) is 28.2. The minimum Gasteiger partial charge on any atom is -0.399 e. The molecule has 0 amide bonds. The van der Waals surface area contributed by atoms with Gasteiger partial charge in [0.15, 0.2) is 0 Å². The summed E-state index contributed by atoms with van der Waals surface area (Å²) < 4.78 is 27.2. The lowest BCUT2D eigenvalue weighted by atomic mass is 9.68. The molecule has 0 bridgehead atoms. The highest BCUT2D eigenvalue weighted by Gasteiger charge is 2.52. The molecule has 0 radical (unpaired) electrons. The van der Waals surface area contributed by atoms with E-state index in [1.54, 1.807) is 6.07 Å². The van der Waals surface area contributed by atoms with E-state index in [0.717, 1.165) is 99.2 Å². The van der Waals surface area contributed by atoms with Gasteiger partial charge in [0, 0.05) is 10.8 Å². The van der Waals surface area contributed by atoms with Gasteiger partial charge in [-0.2, -0.15) is 9.59 Å². The van der Waals surface area contributed by atoms with Gasteiger partial charge in [0.2, 0.25) is 0 Å². The molecule has 6 nitrogen and oxygen atoms in total. The molecule has 3 aliphatic rings. The molecule has 5 aromatic rings. The number of rotatable bonds is 15. The predicted molar refractivity (Wildman–Crippen MR) is 308 cm³/mol. The number of benzene rings is 5. The molecule has 2 aliphatic carbocycles. The molecule has 1 aliphatic heterocycles. The number of halogens is 1. The molecular formula is C67H86BFO6. The van der Waals surface area contributed by atoms with Crippen LogP contribution in [0.2, 0.25) is 0 Å². The molecule has 0 aromatic heterocycles. The van der Waals surface area contributed by atoms with Gasteiger partial charge in [0.1, 0.15) is 5.82 Å². The summed E-state index contributed by atoms with van der Waals surface area (Å²) in [5.41, 5.74) is 14.3. The predicted octanol–water partition coefficient (Wildman–Crippen LogP) is 15.5. The molecule has 3 fully saturated rings. The fourth-order valence-electron chi connectivity index (χ4n) is 12.1. The van der Waals surface area contributed by atoms with E-state index < -0.39 is 11.2 Å². The SMILES string of the molecule is CCC(CC)(c1ccc(/C=C/C2(O)CCCC2)c(C)c1)c1ccc(B2OC(C)(C)C(C)(C)O2)c(C)c1.CCc1ccc(-c2ccc(C(CC)(CC)c3ccc(/C=C/C4(O)CCCC4)c(C)c3)cc2C)cc1F.O=C=O. The van der Waals surface area contributed by atoms with Crippen molar-refractivity contribution >= 4 is 30.9 Å². The lowest BCUT2D eigenvalue weighted by molar-refractivity contribution is -0.191. The number of carbonyl (C=O) groups excluding carboxylic acids is 2. The summed E-state index contributed by atoms with van der Waals surface area (Å²) in [5.74, 6) is -0.125. The van der Waals surface area contributed by atoms with Crippen molar-refractivity contribution in [1.29, 1.82) is 0 Å². The van der Waals surface area contributed by atoms with Gasteiger partial charge in [0.25, 0.3) is 0 Å². The van der Waals surface area contributed by atoms with Crippen LogP contribution in [0.1, 0.15) is 201 Å². The van der Waals surface area contributed by atoms with Crippen LogP contribution in [0, 0.1) is 33.5 Å². The summed E-state index contributed by atoms with van der Waals surface area (Å²) >= 11 is 0. The molecule has 1 saturated heterocycles. The van der Waals surface area contributed by atoms with Crippen LogP contribution in [0.3, 0.4) is 0 Å². The quantitative estimate of drug-likeness (QED) is 0.102. The van der Waals surface area contributed by atoms with Crippen molar-refractivity contribution in [2.45, 2.75) is 207 Å². The van der Waals surface area contributed by atoms with Gasteiger partial charge < -0.3 is 19.5 Å². The van der Waals surface area contributed by atoms with Crippen molar-refractivity contribution in [2.75, 3.05) is 0 Å². The Morgan fingerprint density at radius 1 is 0.560 bits per heavy atom. The lowest BCUT2D eigenvalue weighted by Gasteiger charge is -2.34. The topological polar surface area (TPSA) is 93.1 Å². The minimum absolute atomic E-state index is 0.0596. The first-order valence-electron chi connectivity index (χ1n) is 27.9. The Bertz CT molecular complexity index is 2830. The average molecular weight is 1020 g/mol. The van der Waals surface area contributed by atoms with Gasteiger partial charge >= 0.3 is 13.3 Å². The molecule has 0 atom stereocenters. The third-order valence-electron chi connectivity index (χ3n) is 18.0. The Hall–Kier alpha value is -5.21. The maximum absolute atomic E-state index is 14.5. The monoisotopic (exact) mass is 1020 g/mol. The third-order valence-corrected chi connectivity index (χ3v) is 18.0. The van der Waals surface area contributed by atoms with Crippen LogP contribution in [-0.4, -0.2) is 45.9 Å². The van der Waals surface area contributed by atoms with E-state index in [-0.39, 0.29) is 41.1 Å². The van der Waals surface area contributed by atoms with Gasteiger partial charge in [-0.25, -0.2) is 4.39 Å². The van der Waals surface area contributed by atoms with Gasteiger partial charge in [-0.1, -0.05) is 175 Å². The van der Waals surface area contributed by atoms with Crippen LogP contribution in [0.5, 0.6) is 0 Å². The normalized spacial score (nSPS) is 17.7. The minimum atomic E-state index is -0.638. The third kappa shape index (κ3) is 12.8. The van der Waals surface area contributed by atoms with Crippen molar-refractivity contribution < 1.29 is 33.5 Å². The van der Waals surface area contributed by atoms with Gasteiger partial charge in [-0.15, -0.1) is 0 Å². The fourth-order valence-corrected chi connectivity index (χ4v) is 12.1. The summed E-state index contributed by atoms with van der Waals surface area (Å²) in [6, 6.07) is 32.8. The molecule has 0 unspecified atom stereocenters. The average Bonchev–Trinajstić information content (AvgIpc) is 4.08. The van der Waals surface area contributed by atoms with Crippen molar-refractivity contribution in [1.82, 2.24) is 0 Å². The summed E-state index contributed by atoms with van der Waals surface area (Å²) in [5, 5.41) is 21.4. The Morgan fingerprint density at radius 3 is 1.31 bits per heavy atom. The van der Waals surface area contributed by atoms with E-state index in [2.05, 4.69) is 168 Å². The van der Waals surface area contributed by atoms with Crippen LogP contribution in [0.15, 0.2) is 103 Å². The molecule has 2 N–H and O–H groups in total. The number of hydrogen-bond donors (Lipinski definition) is 2. The van der Waals surface area contributed by atoms with Crippen LogP contribution in [0.25, 0.3) is 23.3 Å². The van der Waals surface area contributed by atoms with Crippen molar-refractivity contribution in [2.24, 2.45) is 0 Å². The number of hydrogen-bond acceptors (Lipinski definition) is 6. The molecule has 75 heavy (non-hydrogen) atoms. The summed E-state index contributed by atoms with van der Waals surface area (Å²) in [6.07, 6.45) is 21.1. The molecule has 8 rings (SSSR count). The van der Waals surface area contributed by atoms with E-state index >= 15 is 0 Å². The first-order valence-corrected chi connectivity index (χ1v) is 27.9. The van der Waals surface area contributed by atoms with E-state index in [1.165, 1.54) is 55.6 Å². The maximum atomic E-state index is 14.5. The van der Waals surface area contributed by atoms with Crippen LogP contribution in [0.4, 0.5) is 4.39 Å². The van der Waals surface area contributed by atoms with Crippen molar-refractivity contribution in [3.8, 4) is 11.1 Å². The zero-order valence-corrected chi connectivity index (χ0v) is 47.6.